The van der Waals surface area contributed by atoms with Crippen LogP contribution in [0.1, 0.15) is 89.1 Å². The fraction of sp³-hybridized carbons (Fsp3) is 0.485. The van der Waals surface area contributed by atoms with E-state index in [2.05, 4.69) is 15.8 Å². The Labute approximate surface area is 258 Å². The SMILES string of the molecule is CCOC(=O)c1cc2cc(NC(=O)c3ccc(OC(C)(C)CCOC(C)(C)CCONC(=O)OC(C)(C)C)cc3)ccc2[nH]1. The van der Waals surface area contributed by atoms with Crippen LogP contribution in [0.3, 0.4) is 0 Å². The lowest BCUT2D eigenvalue weighted by atomic mass is 10.0. The van der Waals surface area contributed by atoms with Crippen LogP contribution in [-0.4, -0.2) is 59.6 Å². The molecule has 0 fully saturated rings. The number of fused-ring (bicyclic) bond motifs is 1. The van der Waals surface area contributed by atoms with Gasteiger partial charge in [-0.25, -0.2) is 9.59 Å². The van der Waals surface area contributed by atoms with E-state index in [1.807, 2.05) is 27.7 Å². The third-order valence-electron chi connectivity index (χ3n) is 6.44. The predicted molar refractivity (Wildman–Crippen MR) is 168 cm³/mol. The van der Waals surface area contributed by atoms with E-state index in [0.29, 0.717) is 48.7 Å². The average molecular weight is 612 g/mol. The highest BCUT2D eigenvalue weighted by atomic mass is 16.7. The number of carbonyl (C=O) groups is 3. The molecular weight excluding hydrogens is 566 g/mol. The molecule has 0 aliphatic carbocycles. The Morgan fingerprint density at radius 3 is 2.18 bits per heavy atom. The fourth-order valence-electron chi connectivity index (χ4n) is 4.13. The number of rotatable bonds is 14. The molecule has 240 valence electrons. The second-order valence-corrected chi connectivity index (χ2v) is 12.6. The maximum Gasteiger partial charge on any atom is 0.431 e. The minimum atomic E-state index is -0.634. The Balaban J connectivity index is 1.44. The zero-order valence-electron chi connectivity index (χ0n) is 26.9. The van der Waals surface area contributed by atoms with Crippen LogP contribution in [0.2, 0.25) is 0 Å². The standard InChI is InChI=1S/C33H45N3O8/c1-9-40-29(38)27-21-23-20-24(12-15-26(23)35-27)34-28(37)22-10-13-25(14-11-22)43-33(7,8)16-18-41-32(5,6)17-19-42-36-30(39)44-31(2,3)4/h10-15,20-21,35H,9,16-19H2,1-8H3,(H,34,37)(H,36,39). The van der Waals surface area contributed by atoms with E-state index in [1.54, 1.807) is 76.2 Å². The molecular formula is C33H45N3O8. The molecule has 1 heterocycles. The van der Waals surface area contributed by atoms with Crippen molar-refractivity contribution in [1.82, 2.24) is 10.5 Å². The number of H-pyrrole nitrogens is 1. The van der Waals surface area contributed by atoms with Crippen LogP contribution in [-0.2, 0) is 19.0 Å². The van der Waals surface area contributed by atoms with Gasteiger partial charge in [0.2, 0.25) is 0 Å². The van der Waals surface area contributed by atoms with E-state index >= 15 is 0 Å². The lowest BCUT2D eigenvalue weighted by Gasteiger charge is -2.30. The van der Waals surface area contributed by atoms with Crippen molar-refractivity contribution in [2.24, 2.45) is 0 Å². The molecule has 2 amide bonds. The molecule has 0 saturated heterocycles. The van der Waals surface area contributed by atoms with Gasteiger partial charge >= 0.3 is 12.1 Å². The number of nitrogens with one attached hydrogen (secondary N) is 3. The van der Waals surface area contributed by atoms with E-state index in [0.717, 1.165) is 10.9 Å². The molecule has 0 unspecified atom stereocenters. The van der Waals surface area contributed by atoms with Gasteiger partial charge in [-0.2, -0.15) is 5.48 Å². The lowest BCUT2D eigenvalue weighted by Crippen LogP contribution is -2.35. The summed E-state index contributed by atoms with van der Waals surface area (Å²) < 4.78 is 22.4. The maximum atomic E-state index is 12.9. The summed E-state index contributed by atoms with van der Waals surface area (Å²) in [5.41, 5.74) is 2.89. The third kappa shape index (κ3) is 11.2. The number of hydrogen-bond acceptors (Lipinski definition) is 8. The molecule has 44 heavy (non-hydrogen) atoms. The highest BCUT2D eigenvalue weighted by molar-refractivity contribution is 6.05. The fourth-order valence-corrected chi connectivity index (χ4v) is 4.13. The number of aromatic nitrogens is 1. The van der Waals surface area contributed by atoms with Gasteiger partial charge in [0.15, 0.2) is 0 Å². The van der Waals surface area contributed by atoms with Crippen LogP contribution in [0.25, 0.3) is 10.9 Å². The molecule has 3 rings (SSSR count). The van der Waals surface area contributed by atoms with Crippen LogP contribution >= 0.6 is 0 Å². The lowest BCUT2D eigenvalue weighted by molar-refractivity contribution is -0.0692. The molecule has 2 aromatic carbocycles. The van der Waals surface area contributed by atoms with Gasteiger partial charge in [0.05, 0.1) is 25.4 Å². The number of esters is 1. The summed E-state index contributed by atoms with van der Waals surface area (Å²) in [6.45, 7) is 16.0. The summed E-state index contributed by atoms with van der Waals surface area (Å²) in [4.78, 5) is 44.8. The van der Waals surface area contributed by atoms with Crippen molar-refractivity contribution in [3.63, 3.8) is 0 Å². The Hall–Kier alpha value is -4.09. The molecule has 0 bridgehead atoms. The zero-order valence-corrected chi connectivity index (χ0v) is 26.9. The molecule has 1 aromatic heterocycles. The van der Waals surface area contributed by atoms with E-state index in [-0.39, 0.29) is 12.5 Å². The van der Waals surface area contributed by atoms with Gasteiger partial charge in [0.25, 0.3) is 5.91 Å². The van der Waals surface area contributed by atoms with Crippen molar-refractivity contribution in [3.05, 3.63) is 59.8 Å². The molecule has 0 saturated carbocycles. The second-order valence-electron chi connectivity index (χ2n) is 12.6. The minimum absolute atomic E-state index is 0.266. The van der Waals surface area contributed by atoms with E-state index in [4.69, 9.17) is 23.8 Å². The highest BCUT2D eigenvalue weighted by Gasteiger charge is 2.24. The monoisotopic (exact) mass is 611 g/mol. The van der Waals surface area contributed by atoms with Gasteiger partial charge in [-0.15, -0.1) is 0 Å². The summed E-state index contributed by atoms with van der Waals surface area (Å²) >= 11 is 0. The zero-order chi connectivity index (χ0) is 32.5. The largest absolute Gasteiger partial charge is 0.488 e. The predicted octanol–water partition coefficient (Wildman–Crippen LogP) is 6.79. The van der Waals surface area contributed by atoms with Crippen molar-refractivity contribution in [1.29, 1.82) is 0 Å². The molecule has 0 spiro atoms. The Morgan fingerprint density at radius 1 is 0.841 bits per heavy atom. The first-order valence-corrected chi connectivity index (χ1v) is 14.7. The summed E-state index contributed by atoms with van der Waals surface area (Å²) in [6.07, 6.45) is 0.543. The molecule has 0 aliphatic rings. The molecule has 11 heteroatoms. The number of carbonyl (C=O) groups excluding carboxylic acids is 3. The number of hydroxylamine groups is 1. The van der Waals surface area contributed by atoms with Crippen LogP contribution < -0.4 is 15.5 Å². The van der Waals surface area contributed by atoms with Crippen molar-refractivity contribution in [3.8, 4) is 5.75 Å². The first-order chi connectivity index (χ1) is 20.6. The number of aromatic amines is 1. The van der Waals surface area contributed by atoms with E-state index in [9.17, 15) is 14.4 Å². The highest BCUT2D eigenvalue weighted by Crippen LogP contribution is 2.25. The van der Waals surface area contributed by atoms with Crippen LogP contribution in [0.15, 0.2) is 48.5 Å². The summed E-state index contributed by atoms with van der Waals surface area (Å²) in [7, 11) is 0. The summed E-state index contributed by atoms with van der Waals surface area (Å²) in [5.74, 6) is -0.0577. The van der Waals surface area contributed by atoms with Gasteiger partial charge < -0.3 is 29.2 Å². The first-order valence-electron chi connectivity index (χ1n) is 14.7. The summed E-state index contributed by atoms with van der Waals surface area (Å²) in [5, 5.41) is 3.68. The quantitative estimate of drug-likeness (QED) is 0.103. The number of benzene rings is 2. The second kappa shape index (κ2) is 14.6. The van der Waals surface area contributed by atoms with Crippen LogP contribution in [0, 0.1) is 0 Å². The normalized spacial score (nSPS) is 12.1. The van der Waals surface area contributed by atoms with Crippen molar-refractivity contribution in [2.75, 3.05) is 25.1 Å². The number of ether oxygens (including phenoxy) is 4. The van der Waals surface area contributed by atoms with Crippen molar-refractivity contribution >= 4 is 34.6 Å². The Bertz CT molecular complexity index is 1420. The molecule has 0 atom stereocenters. The van der Waals surface area contributed by atoms with Crippen LogP contribution in [0.5, 0.6) is 5.75 Å². The van der Waals surface area contributed by atoms with Gasteiger partial charge in [0, 0.05) is 35.0 Å². The molecule has 3 aromatic rings. The Morgan fingerprint density at radius 2 is 1.52 bits per heavy atom. The summed E-state index contributed by atoms with van der Waals surface area (Å²) in [6, 6.07) is 14.0. The van der Waals surface area contributed by atoms with E-state index in [1.165, 1.54) is 0 Å². The van der Waals surface area contributed by atoms with Crippen LogP contribution in [0.4, 0.5) is 10.5 Å². The molecule has 0 aliphatic heterocycles. The van der Waals surface area contributed by atoms with Gasteiger partial charge in [-0.1, -0.05) is 0 Å². The topological polar surface area (TPSA) is 137 Å². The Kier molecular flexibility index (Phi) is 11.4. The number of amides is 2. The van der Waals surface area contributed by atoms with Gasteiger partial charge in [-0.3, -0.25) is 9.63 Å². The molecule has 11 nitrogen and oxygen atoms in total. The first kappa shape index (κ1) is 34.4. The average Bonchev–Trinajstić information content (AvgIpc) is 3.34. The third-order valence-corrected chi connectivity index (χ3v) is 6.44. The minimum Gasteiger partial charge on any atom is -0.488 e. The van der Waals surface area contributed by atoms with Gasteiger partial charge in [0.1, 0.15) is 22.6 Å². The molecule has 3 N–H and O–H groups in total. The number of anilines is 1. The number of hydrogen-bond donors (Lipinski definition) is 3. The smallest absolute Gasteiger partial charge is 0.431 e. The van der Waals surface area contributed by atoms with Crippen molar-refractivity contribution in [2.45, 2.75) is 85.0 Å². The van der Waals surface area contributed by atoms with E-state index < -0.39 is 28.9 Å². The van der Waals surface area contributed by atoms with Crippen molar-refractivity contribution < 1.29 is 38.2 Å². The maximum absolute atomic E-state index is 12.9. The molecule has 0 radical (unpaired) electrons. The van der Waals surface area contributed by atoms with Gasteiger partial charge in [-0.05, 0) is 104 Å².